The van der Waals surface area contributed by atoms with Gasteiger partial charge in [-0.05, 0) is 29.0 Å². The fourth-order valence-corrected chi connectivity index (χ4v) is 2.50. The standard InChI is InChI=1S/C13H14S/c1-2-6-11-9-13(14-10-11)12-7-4-3-5-8-12/h3-5,7-10H,2,6H2,1H3. The van der Waals surface area contributed by atoms with Gasteiger partial charge in [-0.15, -0.1) is 11.3 Å². The highest BCUT2D eigenvalue weighted by atomic mass is 32.1. The third kappa shape index (κ3) is 2.05. The van der Waals surface area contributed by atoms with Crippen molar-refractivity contribution in [2.24, 2.45) is 0 Å². The molecule has 14 heavy (non-hydrogen) atoms. The van der Waals surface area contributed by atoms with E-state index in [4.69, 9.17) is 0 Å². The van der Waals surface area contributed by atoms with Crippen LogP contribution < -0.4 is 0 Å². The highest BCUT2D eigenvalue weighted by Crippen LogP contribution is 2.27. The van der Waals surface area contributed by atoms with E-state index in [0.717, 1.165) is 0 Å². The Morgan fingerprint density at radius 3 is 2.64 bits per heavy atom. The number of aryl methyl sites for hydroxylation is 1. The van der Waals surface area contributed by atoms with E-state index >= 15 is 0 Å². The Kier molecular flexibility index (Phi) is 3.00. The lowest BCUT2D eigenvalue weighted by molar-refractivity contribution is 0.927. The lowest BCUT2D eigenvalue weighted by Gasteiger charge is -1.94. The molecule has 0 saturated heterocycles. The normalized spacial score (nSPS) is 10.4. The molecular formula is C13H14S. The first-order valence-electron chi connectivity index (χ1n) is 5.03. The first-order valence-corrected chi connectivity index (χ1v) is 5.91. The minimum atomic E-state index is 1.20. The Morgan fingerprint density at radius 1 is 1.14 bits per heavy atom. The van der Waals surface area contributed by atoms with Crippen molar-refractivity contribution in [1.82, 2.24) is 0 Å². The van der Waals surface area contributed by atoms with Gasteiger partial charge in [-0.3, -0.25) is 0 Å². The molecule has 0 amide bonds. The van der Waals surface area contributed by atoms with Crippen molar-refractivity contribution in [2.75, 3.05) is 0 Å². The fourth-order valence-electron chi connectivity index (χ4n) is 1.55. The molecule has 0 aliphatic carbocycles. The molecule has 1 heterocycles. The third-order valence-corrected chi connectivity index (χ3v) is 3.28. The Morgan fingerprint density at radius 2 is 1.93 bits per heavy atom. The highest BCUT2D eigenvalue weighted by molar-refractivity contribution is 7.13. The predicted octanol–water partition coefficient (Wildman–Crippen LogP) is 4.37. The molecule has 1 heteroatoms. The molecule has 0 unspecified atom stereocenters. The molecule has 1 aromatic heterocycles. The number of thiophene rings is 1. The van der Waals surface area contributed by atoms with E-state index in [9.17, 15) is 0 Å². The van der Waals surface area contributed by atoms with E-state index in [0.29, 0.717) is 0 Å². The van der Waals surface area contributed by atoms with Gasteiger partial charge in [0.15, 0.2) is 0 Å². The topological polar surface area (TPSA) is 0 Å². The molecule has 0 aliphatic heterocycles. The van der Waals surface area contributed by atoms with Crippen molar-refractivity contribution in [1.29, 1.82) is 0 Å². The second-order valence-electron chi connectivity index (χ2n) is 3.44. The predicted molar refractivity (Wildman–Crippen MR) is 63.8 cm³/mol. The molecule has 0 fully saturated rings. The number of benzene rings is 1. The van der Waals surface area contributed by atoms with Gasteiger partial charge in [0, 0.05) is 4.88 Å². The van der Waals surface area contributed by atoms with Gasteiger partial charge < -0.3 is 0 Å². The molecule has 0 radical (unpaired) electrons. The van der Waals surface area contributed by atoms with Crippen LogP contribution in [0.15, 0.2) is 41.8 Å². The van der Waals surface area contributed by atoms with Gasteiger partial charge in [0.25, 0.3) is 0 Å². The maximum Gasteiger partial charge on any atom is 0.0345 e. The van der Waals surface area contributed by atoms with Crippen LogP contribution in [-0.2, 0) is 6.42 Å². The smallest absolute Gasteiger partial charge is 0.0345 e. The minimum Gasteiger partial charge on any atom is -0.144 e. The summed E-state index contributed by atoms with van der Waals surface area (Å²) < 4.78 is 0. The lowest BCUT2D eigenvalue weighted by atomic mass is 10.1. The lowest BCUT2D eigenvalue weighted by Crippen LogP contribution is -1.75. The summed E-state index contributed by atoms with van der Waals surface area (Å²) in [5, 5.41) is 2.27. The van der Waals surface area contributed by atoms with E-state index in [1.54, 1.807) is 0 Å². The molecule has 0 atom stereocenters. The third-order valence-electron chi connectivity index (χ3n) is 2.25. The molecule has 72 valence electrons. The second-order valence-corrected chi connectivity index (χ2v) is 4.35. The highest BCUT2D eigenvalue weighted by Gasteiger charge is 2.00. The van der Waals surface area contributed by atoms with Crippen LogP contribution >= 0.6 is 11.3 Å². The van der Waals surface area contributed by atoms with E-state index in [2.05, 4.69) is 48.7 Å². The van der Waals surface area contributed by atoms with Gasteiger partial charge in [-0.1, -0.05) is 43.7 Å². The van der Waals surface area contributed by atoms with Crippen LogP contribution in [0.5, 0.6) is 0 Å². The van der Waals surface area contributed by atoms with Crippen LogP contribution in [0.1, 0.15) is 18.9 Å². The molecule has 2 aromatic rings. The van der Waals surface area contributed by atoms with Gasteiger partial charge in [0.2, 0.25) is 0 Å². The number of rotatable bonds is 3. The van der Waals surface area contributed by atoms with Crippen LogP contribution in [0.4, 0.5) is 0 Å². The van der Waals surface area contributed by atoms with Crippen molar-refractivity contribution < 1.29 is 0 Å². The number of hydrogen-bond acceptors (Lipinski definition) is 1. The Bertz CT molecular complexity index is 387. The Hall–Kier alpha value is -1.08. The molecule has 2 rings (SSSR count). The van der Waals surface area contributed by atoms with E-state index in [-0.39, 0.29) is 0 Å². The molecule has 0 nitrogen and oxygen atoms in total. The summed E-state index contributed by atoms with van der Waals surface area (Å²) in [6.07, 6.45) is 2.42. The maximum absolute atomic E-state index is 2.31. The summed E-state index contributed by atoms with van der Waals surface area (Å²) in [6, 6.07) is 12.9. The summed E-state index contributed by atoms with van der Waals surface area (Å²) in [4.78, 5) is 1.38. The van der Waals surface area contributed by atoms with Crippen LogP contribution in [0.25, 0.3) is 10.4 Å². The molecule has 0 bridgehead atoms. The second kappa shape index (κ2) is 4.43. The van der Waals surface area contributed by atoms with Crippen molar-refractivity contribution in [3.8, 4) is 10.4 Å². The van der Waals surface area contributed by atoms with Gasteiger partial charge in [-0.25, -0.2) is 0 Å². The van der Waals surface area contributed by atoms with Crippen LogP contribution in [0.2, 0.25) is 0 Å². The average molecular weight is 202 g/mol. The SMILES string of the molecule is CCCc1csc(-c2ccccc2)c1. The monoisotopic (exact) mass is 202 g/mol. The van der Waals surface area contributed by atoms with Gasteiger partial charge in [0.05, 0.1) is 0 Å². The van der Waals surface area contributed by atoms with Gasteiger partial charge >= 0.3 is 0 Å². The van der Waals surface area contributed by atoms with Crippen molar-refractivity contribution in [3.63, 3.8) is 0 Å². The van der Waals surface area contributed by atoms with Crippen molar-refractivity contribution >= 4 is 11.3 Å². The first-order chi connectivity index (χ1) is 6.90. The Labute approximate surface area is 89.2 Å². The van der Waals surface area contributed by atoms with Crippen molar-refractivity contribution in [3.05, 3.63) is 47.3 Å². The largest absolute Gasteiger partial charge is 0.144 e. The Balaban J connectivity index is 2.25. The minimum absolute atomic E-state index is 1.20. The van der Waals surface area contributed by atoms with Crippen LogP contribution in [-0.4, -0.2) is 0 Å². The zero-order valence-corrected chi connectivity index (χ0v) is 9.18. The molecule has 1 aromatic carbocycles. The summed E-state index contributed by atoms with van der Waals surface area (Å²) in [6.45, 7) is 2.22. The maximum atomic E-state index is 2.31. The zero-order valence-electron chi connectivity index (χ0n) is 8.36. The van der Waals surface area contributed by atoms with Crippen molar-refractivity contribution in [2.45, 2.75) is 19.8 Å². The fraction of sp³-hybridized carbons (Fsp3) is 0.231. The van der Waals surface area contributed by atoms with Gasteiger partial charge in [-0.2, -0.15) is 0 Å². The molecule has 0 spiro atoms. The van der Waals surface area contributed by atoms with E-state index in [1.165, 1.54) is 28.8 Å². The molecule has 0 aliphatic rings. The van der Waals surface area contributed by atoms with E-state index < -0.39 is 0 Å². The average Bonchev–Trinajstić information content (AvgIpc) is 2.68. The quantitative estimate of drug-likeness (QED) is 0.693. The van der Waals surface area contributed by atoms with Gasteiger partial charge in [0.1, 0.15) is 0 Å². The summed E-state index contributed by atoms with van der Waals surface area (Å²) in [5.74, 6) is 0. The summed E-state index contributed by atoms with van der Waals surface area (Å²) in [5.41, 5.74) is 2.80. The first kappa shape index (κ1) is 9.47. The van der Waals surface area contributed by atoms with E-state index in [1.807, 2.05) is 11.3 Å². The molecule has 0 saturated carbocycles. The zero-order chi connectivity index (χ0) is 9.80. The summed E-state index contributed by atoms with van der Waals surface area (Å²) in [7, 11) is 0. The molecular weight excluding hydrogens is 188 g/mol. The van der Waals surface area contributed by atoms with Crippen LogP contribution in [0.3, 0.4) is 0 Å². The molecule has 0 N–H and O–H groups in total. The number of hydrogen-bond donors (Lipinski definition) is 0. The van der Waals surface area contributed by atoms with Crippen LogP contribution in [0, 0.1) is 0 Å². The summed E-state index contributed by atoms with van der Waals surface area (Å²) >= 11 is 1.84.